The predicted molar refractivity (Wildman–Crippen MR) is 135 cm³/mol. The quantitative estimate of drug-likeness (QED) is 0.295. The molecule has 3 aromatic carbocycles. The van der Waals surface area contributed by atoms with Gasteiger partial charge >= 0.3 is 0 Å². The Morgan fingerprint density at radius 3 is 2.60 bits per heavy atom. The van der Waals surface area contributed by atoms with Gasteiger partial charge < -0.3 is 19.2 Å². The molecule has 35 heavy (non-hydrogen) atoms. The van der Waals surface area contributed by atoms with Crippen LogP contribution in [0.25, 0.3) is 11.0 Å². The SMILES string of the molecule is COc1ccccc1CN1C(=O)C(O)=C(C(=O)c2cc3cc(Br)ccc3o2)C1c1ccccc1C. The summed E-state index contributed by atoms with van der Waals surface area (Å²) < 4.78 is 12.1. The van der Waals surface area contributed by atoms with E-state index in [-0.39, 0.29) is 17.9 Å². The molecule has 1 aliphatic heterocycles. The van der Waals surface area contributed by atoms with Crippen LogP contribution < -0.4 is 4.74 Å². The van der Waals surface area contributed by atoms with Gasteiger partial charge in [-0.15, -0.1) is 0 Å². The average Bonchev–Trinajstić information content (AvgIpc) is 3.38. The number of ketones is 1. The summed E-state index contributed by atoms with van der Waals surface area (Å²) in [5, 5.41) is 11.7. The van der Waals surface area contributed by atoms with Crippen LogP contribution in [0.2, 0.25) is 0 Å². The molecule has 6 nitrogen and oxygen atoms in total. The molecule has 1 aliphatic rings. The van der Waals surface area contributed by atoms with Crippen molar-refractivity contribution in [2.24, 2.45) is 0 Å². The van der Waals surface area contributed by atoms with E-state index in [4.69, 9.17) is 9.15 Å². The number of methoxy groups -OCH3 is 1. The number of para-hydroxylation sites is 1. The van der Waals surface area contributed by atoms with Crippen LogP contribution in [0.5, 0.6) is 5.75 Å². The van der Waals surface area contributed by atoms with Crippen molar-refractivity contribution in [3.63, 3.8) is 0 Å². The van der Waals surface area contributed by atoms with Crippen molar-refractivity contribution in [2.45, 2.75) is 19.5 Å². The number of Topliss-reactive ketones (excluding diaryl/α,β-unsaturated/α-hetero) is 1. The molecule has 1 atom stereocenters. The number of carbonyl (C=O) groups excluding carboxylic acids is 2. The summed E-state index contributed by atoms with van der Waals surface area (Å²) in [6, 6.07) is 21.2. The molecule has 0 spiro atoms. The highest BCUT2D eigenvalue weighted by molar-refractivity contribution is 9.10. The van der Waals surface area contributed by atoms with Gasteiger partial charge in [0.25, 0.3) is 5.91 Å². The third kappa shape index (κ3) is 4.02. The second-order valence-electron chi connectivity index (χ2n) is 8.39. The fraction of sp³-hybridized carbons (Fsp3) is 0.143. The lowest BCUT2D eigenvalue weighted by Gasteiger charge is -2.28. The van der Waals surface area contributed by atoms with Gasteiger partial charge in [-0.25, -0.2) is 0 Å². The lowest BCUT2D eigenvalue weighted by Crippen LogP contribution is -2.31. The molecule has 0 aliphatic carbocycles. The van der Waals surface area contributed by atoms with Crippen LogP contribution in [0.15, 0.2) is 93.0 Å². The van der Waals surface area contributed by atoms with Crippen LogP contribution in [0.4, 0.5) is 0 Å². The first-order valence-corrected chi connectivity index (χ1v) is 11.8. The van der Waals surface area contributed by atoms with Gasteiger partial charge in [-0.05, 0) is 48.4 Å². The van der Waals surface area contributed by atoms with Gasteiger partial charge in [0.05, 0.1) is 25.3 Å². The van der Waals surface area contributed by atoms with Crippen molar-refractivity contribution in [3.8, 4) is 5.75 Å². The number of ether oxygens (including phenoxy) is 1. The number of carbonyl (C=O) groups is 2. The number of aryl methyl sites for hydroxylation is 1. The molecule has 7 heteroatoms. The van der Waals surface area contributed by atoms with Gasteiger partial charge in [-0.2, -0.15) is 0 Å². The van der Waals surface area contributed by atoms with E-state index >= 15 is 0 Å². The zero-order chi connectivity index (χ0) is 24.7. The summed E-state index contributed by atoms with van der Waals surface area (Å²) in [4.78, 5) is 28.6. The predicted octanol–water partition coefficient (Wildman–Crippen LogP) is 6.29. The second kappa shape index (κ2) is 9.07. The highest BCUT2D eigenvalue weighted by Crippen LogP contribution is 2.42. The summed E-state index contributed by atoms with van der Waals surface area (Å²) in [5.41, 5.74) is 2.94. The standard InChI is InChI=1S/C28H22BrNO5/c1-16-7-3-5-9-20(16)25-24(26(31)23-14-18-13-19(29)11-12-22(18)35-23)27(32)28(33)30(25)15-17-8-4-6-10-21(17)34-2/h3-14,25,32H,15H2,1-2H3. The third-order valence-corrected chi connectivity index (χ3v) is 6.76. The molecule has 1 amide bonds. The summed E-state index contributed by atoms with van der Waals surface area (Å²) in [6.07, 6.45) is 0. The summed E-state index contributed by atoms with van der Waals surface area (Å²) in [7, 11) is 1.56. The molecule has 1 unspecified atom stereocenters. The minimum absolute atomic E-state index is 0.00248. The Morgan fingerprint density at radius 1 is 1.09 bits per heavy atom. The lowest BCUT2D eigenvalue weighted by molar-refractivity contribution is -0.130. The number of fused-ring (bicyclic) bond motifs is 1. The van der Waals surface area contributed by atoms with E-state index in [9.17, 15) is 14.7 Å². The van der Waals surface area contributed by atoms with Crippen molar-refractivity contribution >= 4 is 38.6 Å². The molecule has 0 saturated carbocycles. The molecule has 5 rings (SSSR count). The first-order valence-electron chi connectivity index (χ1n) is 11.0. The first kappa shape index (κ1) is 22.9. The van der Waals surface area contributed by atoms with Crippen molar-refractivity contribution in [1.29, 1.82) is 0 Å². The van der Waals surface area contributed by atoms with Crippen molar-refractivity contribution < 1.29 is 23.8 Å². The largest absolute Gasteiger partial charge is 0.503 e. The van der Waals surface area contributed by atoms with Crippen LogP contribution in [0.3, 0.4) is 0 Å². The number of rotatable bonds is 6. The minimum atomic E-state index is -0.791. The number of halogens is 1. The molecule has 1 N–H and O–H groups in total. The van der Waals surface area contributed by atoms with Crippen molar-refractivity contribution in [3.05, 3.63) is 111 Å². The highest BCUT2D eigenvalue weighted by atomic mass is 79.9. The number of amides is 1. The number of aliphatic hydroxyl groups excluding tert-OH is 1. The Morgan fingerprint density at radius 2 is 1.83 bits per heavy atom. The van der Waals surface area contributed by atoms with Gasteiger partial charge in [-0.1, -0.05) is 58.4 Å². The molecule has 0 bridgehead atoms. The summed E-state index contributed by atoms with van der Waals surface area (Å²) in [6.45, 7) is 2.06. The van der Waals surface area contributed by atoms with Gasteiger partial charge in [0.2, 0.25) is 5.78 Å². The van der Waals surface area contributed by atoms with Crippen LogP contribution in [-0.2, 0) is 11.3 Å². The molecule has 2 heterocycles. The molecule has 0 saturated heterocycles. The van der Waals surface area contributed by atoms with E-state index in [1.165, 1.54) is 4.90 Å². The Balaban J connectivity index is 1.62. The summed E-state index contributed by atoms with van der Waals surface area (Å²) >= 11 is 3.42. The maximum atomic E-state index is 13.7. The molecule has 176 valence electrons. The smallest absolute Gasteiger partial charge is 0.290 e. The molecule has 1 aromatic heterocycles. The zero-order valence-corrected chi connectivity index (χ0v) is 20.7. The molecular weight excluding hydrogens is 510 g/mol. The third-order valence-electron chi connectivity index (χ3n) is 6.27. The zero-order valence-electron chi connectivity index (χ0n) is 19.1. The fourth-order valence-electron chi connectivity index (χ4n) is 4.54. The second-order valence-corrected chi connectivity index (χ2v) is 9.30. The molecule has 4 aromatic rings. The van der Waals surface area contributed by atoms with Gasteiger partial charge in [0.15, 0.2) is 11.5 Å². The lowest BCUT2D eigenvalue weighted by atomic mass is 9.92. The Labute approximate surface area is 210 Å². The number of furan rings is 1. The summed E-state index contributed by atoms with van der Waals surface area (Å²) in [5.74, 6) is -1.04. The first-order chi connectivity index (χ1) is 16.9. The monoisotopic (exact) mass is 531 g/mol. The van der Waals surface area contributed by atoms with Gasteiger partial charge in [-0.3, -0.25) is 9.59 Å². The average molecular weight is 532 g/mol. The maximum absolute atomic E-state index is 13.7. The van der Waals surface area contributed by atoms with Crippen molar-refractivity contribution in [2.75, 3.05) is 7.11 Å². The Bertz CT molecular complexity index is 1500. The van der Waals surface area contributed by atoms with Gasteiger partial charge in [0, 0.05) is 15.4 Å². The highest BCUT2D eigenvalue weighted by Gasteiger charge is 2.45. The number of hydrogen-bond acceptors (Lipinski definition) is 5. The Hall–Kier alpha value is -3.84. The van der Waals surface area contributed by atoms with E-state index in [1.807, 2.05) is 67.6 Å². The fourth-order valence-corrected chi connectivity index (χ4v) is 4.92. The minimum Gasteiger partial charge on any atom is -0.503 e. The number of hydrogen-bond donors (Lipinski definition) is 1. The topological polar surface area (TPSA) is 80.0 Å². The molecular formula is C28H22BrNO5. The van der Waals surface area contributed by atoms with E-state index in [1.54, 1.807) is 19.2 Å². The number of benzene rings is 3. The van der Waals surface area contributed by atoms with Crippen LogP contribution >= 0.6 is 15.9 Å². The molecule has 0 fully saturated rings. The van der Waals surface area contributed by atoms with Crippen LogP contribution in [-0.4, -0.2) is 28.8 Å². The van der Waals surface area contributed by atoms with Crippen LogP contribution in [0, 0.1) is 6.92 Å². The van der Waals surface area contributed by atoms with E-state index < -0.39 is 23.5 Å². The normalized spacial score (nSPS) is 15.8. The maximum Gasteiger partial charge on any atom is 0.290 e. The number of aliphatic hydroxyl groups is 1. The van der Waals surface area contributed by atoms with Crippen molar-refractivity contribution in [1.82, 2.24) is 4.90 Å². The molecule has 0 radical (unpaired) electrons. The Kier molecular flexibility index (Phi) is 5.94. The number of nitrogens with zero attached hydrogens (tertiary/aromatic N) is 1. The van der Waals surface area contributed by atoms with Gasteiger partial charge in [0.1, 0.15) is 11.3 Å². The van der Waals surface area contributed by atoms with Crippen LogP contribution in [0.1, 0.15) is 33.3 Å². The van der Waals surface area contributed by atoms with E-state index in [2.05, 4.69) is 15.9 Å². The van der Waals surface area contributed by atoms with E-state index in [0.29, 0.717) is 11.3 Å². The van der Waals surface area contributed by atoms with E-state index in [0.717, 1.165) is 26.5 Å².